The van der Waals surface area contributed by atoms with Crippen molar-refractivity contribution in [3.05, 3.63) is 30.1 Å². The van der Waals surface area contributed by atoms with E-state index in [1.807, 2.05) is 19.9 Å². The highest BCUT2D eigenvalue weighted by atomic mass is 32.2. The molecule has 0 fully saturated rings. The van der Waals surface area contributed by atoms with E-state index in [1.54, 1.807) is 31.8 Å². The molecule has 1 aromatic carbocycles. The first-order chi connectivity index (χ1) is 9.41. The molecule has 1 N–H and O–H groups in total. The molecule has 1 rings (SSSR count). The van der Waals surface area contributed by atoms with Gasteiger partial charge in [-0.15, -0.1) is 11.8 Å². The van der Waals surface area contributed by atoms with Crippen LogP contribution in [0, 0.1) is 5.82 Å². The number of benzene rings is 1. The molecule has 0 spiro atoms. The van der Waals surface area contributed by atoms with Crippen LogP contribution in [0.4, 0.5) is 4.39 Å². The van der Waals surface area contributed by atoms with Crippen molar-refractivity contribution in [3.8, 4) is 0 Å². The van der Waals surface area contributed by atoms with E-state index in [2.05, 4.69) is 5.32 Å². The van der Waals surface area contributed by atoms with E-state index in [1.165, 1.54) is 12.1 Å². The maximum absolute atomic E-state index is 13.2. The van der Waals surface area contributed by atoms with Crippen LogP contribution in [0.2, 0.25) is 0 Å². The molecule has 0 heterocycles. The van der Waals surface area contributed by atoms with Gasteiger partial charge in [-0.2, -0.15) is 0 Å². The lowest BCUT2D eigenvalue weighted by molar-refractivity contribution is -0.150. The van der Waals surface area contributed by atoms with Crippen LogP contribution >= 0.6 is 11.8 Å². The average molecular weight is 299 g/mol. The van der Waals surface area contributed by atoms with Gasteiger partial charge in [0.1, 0.15) is 11.4 Å². The number of carbonyl (C=O) groups excluding carboxylic acids is 1. The number of ether oxygens (including phenoxy) is 1. The molecule has 5 heteroatoms. The second kappa shape index (κ2) is 7.64. The Morgan fingerprint density at radius 1 is 1.55 bits per heavy atom. The predicted molar refractivity (Wildman–Crippen MR) is 80.4 cm³/mol. The number of likely N-dealkylation sites (N-methyl/N-ethyl adjacent to an activating group) is 1. The van der Waals surface area contributed by atoms with Gasteiger partial charge in [0.2, 0.25) is 0 Å². The third-order valence-electron chi connectivity index (χ3n) is 3.11. The van der Waals surface area contributed by atoms with Crippen molar-refractivity contribution in [2.75, 3.05) is 13.7 Å². The van der Waals surface area contributed by atoms with Crippen LogP contribution < -0.4 is 5.32 Å². The first-order valence-corrected chi connectivity index (χ1v) is 7.57. The maximum atomic E-state index is 13.2. The molecule has 0 aliphatic rings. The minimum Gasteiger partial charge on any atom is -0.465 e. The van der Waals surface area contributed by atoms with E-state index in [0.717, 1.165) is 4.90 Å². The van der Waals surface area contributed by atoms with Gasteiger partial charge in [0.15, 0.2) is 0 Å². The summed E-state index contributed by atoms with van der Waals surface area (Å²) in [6, 6.07) is 6.48. The summed E-state index contributed by atoms with van der Waals surface area (Å²) in [6.45, 7) is 6.00. The third-order valence-corrected chi connectivity index (χ3v) is 4.20. The molecule has 2 atom stereocenters. The van der Waals surface area contributed by atoms with Gasteiger partial charge in [-0.25, -0.2) is 4.39 Å². The SMILES string of the molecule is CCOC(=O)C(C)(CC(C)Sc1cccc(F)c1)NC. The van der Waals surface area contributed by atoms with Gasteiger partial charge in [-0.3, -0.25) is 4.79 Å². The summed E-state index contributed by atoms with van der Waals surface area (Å²) in [5.41, 5.74) is -0.726. The summed E-state index contributed by atoms with van der Waals surface area (Å²) >= 11 is 1.55. The highest BCUT2D eigenvalue weighted by molar-refractivity contribution is 7.99. The molecule has 20 heavy (non-hydrogen) atoms. The third kappa shape index (κ3) is 4.80. The van der Waals surface area contributed by atoms with Crippen LogP contribution in [0.5, 0.6) is 0 Å². The van der Waals surface area contributed by atoms with Gasteiger partial charge < -0.3 is 10.1 Å². The number of rotatable bonds is 7. The van der Waals surface area contributed by atoms with E-state index in [-0.39, 0.29) is 17.0 Å². The van der Waals surface area contributed by atoms with Crippen LogP contribution in [0.3, 0.4) is 0 Å². The Morgan fingerprint density at radius 3 is 2.80 bits per heavy atom. The normalized spacial score (nSPS) is 15.4. The van der Waals surface area contributed by atoms with Crippen LogP contribution in [-0.4, -0.2) is 30.4 Å². The van der Waals surface area contributed by atoms with E-state index >= 15 is 0 Å². The van der Waals surface area contributed by atoms with Crippen LogP contribution in [0.1, 0.15) is 27.2 Å². The standard InChI is InChI=1S/C15H22FNO2S/c1-5-19-14(18)15(3,17-4)10-11(2)20-13-8-6-7-12(16)9-13/h6-9,11,17H,5,10H2,1-4H3. The van der Waals surface area contributed by atoms with Crippen LogP contribution in [0.25, 0.3) is 0 Å². The van der Waals surface area contributed by atoms with Gasteiger partial charge in [-0.1, -0.05) is 13.0 Å². The second-order valence-corrected chi connectivity index (χ2v) is 6.40. The first kappa shape index (κ1) is 17.0. The van der Waals surface area contributed by atoms with Gasteiger partial charge in [0.25, 0.3) is 0 Å². The molecule has 0 saturated carbocycles. The number of halogens is 1. The highest BCUT2D eigenvalue weighted by Crippen LogP contribution is 2.29. The van der Waals surface area contributed by atoms with Crippen molar-refractivity contribution < 1.29 is 13.9 Å². The van der Waals surface area contributed by atoms with Gasteiger partial charge in [-0.05, 0) is 45.5 Å². The molecule has 0 radical (unpaired) electrons. The zero-order valence-corrected chi connectivity index (χ0v) is 13.2. The molecule has 1 aromatic rings. The van der Waals surface area contributed by atoms with E-state index < -0.39 is 5.54 Å². The zero-order valence-electron chi connectivity index (χ0n) is 12.4. The monoisotopic (exact) mass is 299 g/mol. The van der Waals surface area contributed by atoms with E-state index in [4.69, 9.17) is 4.74 Å². The fourth-order valence-corrected chi connectivity index (χ4v) is 3.19. The van der Waals surface area contributed by atoms with Crippen molar-refractivity contribution in [1.29, 1.82) is 0 Å². The van der Waals surface area contributed by atoms with Crippen LogP contribution in [-0.2, 0) is 9.53 Å². The van der Waals surface area contributed by atoms with Crippen LogP contribution in [0.15, 0.2) is 29.2 Å². The Bertz CT molecular complexity index is 455. The quantitative estimate of drug-likeness (QED) is 0.619. The molecular formula is C15H22FNO2S. The minimum atomic E-state index is -0.726. The summed E-state index contributed by atoms with van der Waals surface area (Å²) in [7, 11) is 1.75. The second-order valence-electron chi connectivity index (χ2n) is 4.89. The molecule has 112 valence electrons. The van der Waals surface area contributed by atoms with Crippen molar-refractivity contribution in [3.63, 3.8) is 0 Å². The number of esters is 1. The number of carbonyl (C=O) groups is 1. The Kier molecular flexibility index (Phi) is 6.49. The van der Waals surface area contributed by atoms with Gasteiger partial charge in [0.05, 0.1) is 6.61 Å². The molecule has 0 amide bonds. The van der Waals surface area contributed by atoms with Gasteiger partial charge >= 0.3 is 5.97 Å². The molecule has 2 unspecified atom stereocenters. The fraction of sp³-hybridized carbons (Fsp3) is 0.533. The molecule has 0 saturated heterocycles. The lowest BCUT2D eigenvalue weighted by atomic mass is 9.96. The largest absolute Gasteiger partial charge is 0.465 e. The average Bonchev–Trinajstić information content (AvgIpc) is 2.38. The van der Waals surface area contributed by atoms with E-state index in [9.17, 15) is 9.18 Å². The number of hydrogen-bond donors (Lipinski definition) is 1. The Balaban J connectivity index is 2.67. The first-order valence-electron chi connectivity index (χ1n) is 6.69. The van der Waals surface area contributed by atoms with E-state index in [0.29, 0.717) is 13.0 Å². The molecule has 0 aromatic heterocycles. The Hall–Kier alpha value is -1.07. The van der Waals surface area contributed by atoms with Crippen molar-refractivity contribution in [2.24, 2.45) is 0 Å². The summed E-state index contributed by atoms with van der Waals surface area (Å²) in [5, 5.41) is 3.18. The summed E-state index contributed by atoms with van der Waals surface area (Å²) in [5.74, 6) is -0.502. The summed E-state index contributed by atoms with van der Waals surface area (Å²) < 4.78 is 18.2. The van der Waals surface area contributed by atoms with Crippen molar-refractivity contribution in [1.82, 2.24) is 5.32 Å². The fourth-order valence-electron chi connectivity index (χ4n) is 1.97. The van der Waals surface area contributed by atoms with Gasteiger partial charge in [0, 0.05) is 10.1 Å². The molecule has 0 aliphatic carbocycles. The molecule has 0 aliphatic heterocycles. The Morgan fingerprint density at radius 2 is 2.25 bits per heavy atom. The molecule has 3 nitrogen and oxygen atoms in total. The highest BCUT2D eigenvalue weighted by Gasteiger charge is 2.34. The molecule has 0 bridgehead atoms. The lowest BCUT2D eigenvalue weighted by Gasteiger charge is -2.29. The zero-order chi connectivity index (χ0) is 15.2. The summed E-state index contributed by atoms with van der Waals surface area (Å²) in [4.78, 5) is 12.8. The molecular weight excluding hydrogens is 277 g/mol. The predicted octanol–water partition coefficient (Wildman–Crippen LogP) is 3.24. The Labute approximate surface area is 124 Å². The number of thioether (sulfide) groups is 1. The van der Waals surface area contributed by atoms with Crippen molar-refractivity contribution >= 4 is 17.7 Å². The number of hydrogen-bond acceptors (Lipinski definition) is 4. The summed E-state index contributed by atoms with van der Waals surface area (Å²) in [6.07, 6.45) is 0.601. The minimum absolute atomic E-state index is 0.152. The topological polar surface area (TPSA) is 38.3 Å². The van der Waals surface area contributed by atoms with Crippen molar-refractivity contribution in [2.45, 2.75) is 42.9 Å². The number of nitrogens with one attached hydrogen (secondary N) is 1. The smallest absolute Gasteiger partial charge is 0.326 e. The lowest BCUT2D eigenvalue weighted by Crippen LogP contribution is -2.50. The maximum Gasteiger partial charge on any atom is 0.326 e.